The van der Waals surface area contributed by atoms with Gasteiger partial charge in [-0.3, -0.25) is 4.79 Å². The summed E-state index contributed by atoms with van der Waals surface area (Å²) < 4.78 is 33.7. The van der Waals surface area contributed by atoms with Gasteiger partial charge in [0.25, 0.3) is 5.91 Å². The topological polar surface area (TPSA) is 87.2 Å². The number of methoxy groups -OCH3 is 1. The van der Waals surface area contributed by atoms with E-state index in [2.05, 4.69) is 0 Å². The number of amides is 1. The van der Waals surface area contributed by atoms with E-state index in [1.807, 2.05) is 50.2 Å². The summed E-state index contributed by atoms with van der Waals surface area (Å²) in [5, 5.41) is 11.5. The molecule has 3 aromatic carbocycles. The lowest BCUT2D eigenvalue weighted by Crippen LogP contribution is -2.51. The Kier molecular flexibility index (Phi) is 9.86. The van der Waals surface area contributed by atoms with Crippen LogP contribution in [0.2, 0.25) is 0 Å². The van der Waals surface area contributed by atoms with Gasteiger partial charge in [-0.2, -0.15) is 4.31 Å². The van der Waals surface area contributed by atoms with E-state index in [1.165, 1.54) is 28.4 Å². The summed E-state index contributed by atoms with van der Waals surface area (Å²) >= 11 is 0. The minimum Gasteiger partial charge on any atom is -0.497 e. The highest BCUT2D eigenvalue weighted by Gasteiger charge is 2.33. The van der Waals surface area contributed by atoms with Crippen LogP contribution in [-0.2, 0) is 16.4 Å². The number of benzene rings is 3. The van der Waals surface area contributed by atoms with Crippen LogP contribution in [0.3, 0.4) is 0 Å². The summed E-state index contributed by atoms with van der Waals surface area (Å²) in [7, 11) is -0.738. The Morgan fingerprint density at radius 2 is 1.46 bits per heavy atom. The van der Waals surface area contributed by atoms with E-state index in [9.17, 15) is 18.3 Å². The van der Waals surface area contributed by atoms with Crippen molar-refractivity contribution in [2.45, 2.75) is 37.3 Å². The van der Waals surface area contributed by atoms with E-state index in [1.54, 1.807) is 43.4 Å². The molecule has 37 heavy (non-hydrogen) atoms. The fraction of sp³-hybridized carbons (Fsp3) is 0.345. The predicted octanol–water partition coefficient (Wildman–Crippen LogP) is 4.09. The lowest BCUT2D eigenvalue weighted by molar-refractivity contribution is 0.0370. The van der Waals surface area contributed by atoms with Gasteiger partial charge in [-0.1, -0.05) is 62.4 Å². The minimum absolute atomic E-state index is 0.0245. The first kappa shape index (κ1) is 28.4. The molecule has 0 fully saturated rings. The molecule has 3 rings (SSSR count). The number of ether oxygens (including phenoxy) is 1. The molecule has 1 N–H and O–H groups in total. The lowest BCUT2D eigenvalue weighted by Gasteiger charge is -2.35. The first-order valence-corrected chi connectivity index (χ1v) is 13.8. The van der Waals surface area contributed by atoms with Gasteiger partial charge in [0, 0.05) is 25.7 Å². The van der Waals surface area contributed by atoms with Crippen LogP contribution < -0.4 is 4.74 Å². The molecule has 2 atom stereocenters. The molecular weight excluding hydrogens is 488 g/mol. The quantitative estimate of drug-likeness (QED) is 0.386. The van der Waals surface area contributed by atoms with Gasteiger partial charge in [-0.25, -0.2) is 8.42 Å². The van der Waals surface area contributed by atoms with Gasteiger partial charge in [0.2, 0.25) is 10.0 Å². The monoisotopic (exact) mass is 524 g/mol. The number of likely N-dealkylation sites (N-methyl/N-ethyl adjacent to an activating group) is 1. The highest BCUT2D eigenvalue weighted by atomic mass is 32.2. The number of hydrogen-bond acceptors (Lipinski definition) is 5. The van der Waals surface area contributed by atoms with Crippen LogP contribution in [0.25, 0.3) is 0 Å². The molecule has 0 saturated carbocycles. The Bertz CT molecular complexity index is 1230. The Morgan fingerprint density at radius 3 is 2.00 bits per heavy atom. The van der Waals surface area contributed by atoms with Crippen LogP contribution in [0.1, 0.15) is 29.8 Å². The standard InChI is InChI=1S/C29H36N2O5S/c1-22(2)20-31(37(34,35)26-17-15-25(36-4)16-18-26)21-28(32)27(19-23-11-7-5-8-12-23)30(3)29(33)24-13-9-6-10-14-24/h5-18,22,27-28,32H,19-21H2,1-4H3/t27-,28+/m0/s1. The van der Waals surface area contributed by atoms with Crippen molar-refractivity contribution in [2.75, 3.05) is 27.2 Å². The van der Waals surface area contributed by atoms with Gasteiger partial charge >= 0.3 is 0 Å². The van der Waals surface area contributed by atoms with Crippen molar-refractivity contribution >= 4 is 15.9 Å². The Labute approximate surface area is 220 Å². The molecule has 7 nitrogen and oxygen atoms in total. The number of rotatable bonds is 12. The fourth-order valence-electron chi connectivity index (χ4n) is 4.23. The molecule has 0 aromatic heterocycles. The van der Waals surface area contributed by atoms with Crippen molar-refractivity contribution in [3.63, 3.8) is 0 Å². The smallest absolute Gasteiger partial charge is 0.253 e. The van der Waals surface area contributed by atoms with Crippen LogP contribution in [0.15, 0.2) is 89.8 Å². The molecule has 198 valence electrons. The molecule has 1 amide bonds. The number of nitrogens with zero attached hydrogens (tertiary/aromatic N) is 2. The average Bonchev–Trinajstić information content (AvgIpc) is 2.91. The highest BCUT2D eigenvalue weighted by molar-refractivity contribution is 7.89. The van der Waals surface area contributed by atoms with E-state index in [0.717, 1.165) is 5.56 Å². The van der Waals surface area contributed by atoms with Crippen LogP contribution in [0.4, 0.5) is 0 Å². The van der Waals surface area contributed by atoms with Gasteiger partial charge in [-0.05, 0) is 54.3 Å². The maximum absolute atomic E-state index is 13.6. The summed E-state index contributed by atoms with van der Waals surface area (Å²) in [6.07, 6.45) is -0.764. The van der Waals surface area contributed by atoms with Gasteiger partial charge in [0.1, 0.15) is 5.75 Å². The van der Waals surface area contributed by atoms with Crippen LogP contribution in [-0.4, -0.2) is 68.0 Å². The first-order valence-electron chi connectivity index (χ1n) is 12.3. The molecule has 0 radical (unpaired) electrons. The Hall–Kier alpha value is -3.20. The third-order valence-corrected chi connectivity index (χ3v) is 8.07. The number of aliphatic hydroxyl groups excluding tert-OH is 1. The van der Waals surface area contributed by atoms with Gasteiger partial charge in [-0.15, -0.1) is 0 Å². The number of hydrogen-bond donors (Lipinski definition) is 1. The Balaban J connectivity index is 1.92. The van der Waals surface area contributed by atoms with Crippen LogP contribution in [0, 0.1) is 5.92 Å². The Morgan fingerprint density at radius 1 is 0.892 bits per heavy atom. The zero-order chi connectivity index (χ0) is 27.0. The molecule has 3 aromatic rings. The van der Waals surface area contributed by atoms with Gasteiger partial charge in [0.05, 0.1) is 24.2 Å². The summed E-state index contributed by atoms with van der Waals surface area (Å²) in [6, 6.07) is 24.0. The average molecular weight is 525 g/mol. The maximum Gasteiger partial charge on any atom is 0.253 e. The SMILES string of the molecule is COc1ccc(S(=O)(=O)N(CC(C)C)C[C@@H](O)[C@H](Cc2ccccc2)N(C)C(=O)c2ccccc2)cc1. The third kappa shape index (κ3) is 7.41. The maximum atomic E-state index is 13.6. The van der Waals surface area contributed by atoms with Crippen molar-refractivity contribution in [3.8, 4) is 5.75 Å². The predicted molar refractivity (Wildman–Crippen MR) is 145 cm³/mol. The second-order valence-electron chi connectivity index (χ2n) is 9.50. The summed E-state index contributed by atoms with van der Waals surface area (Å²) in [6.45, 7) is 3.92. The van der Waals surface area contributed by atoms with Gasteiger partial charge in [0.15, 0.2) is 0 Å². The molecular formula is C29H36N2O5S. The molecule has 0 spiro atoms. The van der Waals surface area contributed by atoms with E-state index in [4.69, 9.17) is 4.74 Å². The molecule has 0 saturated heterocycles. The molecule has 0 aliphatic heterocycles. The molecule has 0 unspecified atom stereocenters. The summed E-state index contributed by atoms with van der Waals surface area (Å²) in [5.41, 5.74) is 1.44. The number of carbonyl (C=O) groups is 1. The summed E-state index contributed by atoms with van der Waals surface area (Å²) in [5.74, 6) is 0.337. The minimum atomic E-state index is -3.91. The molecule has 0 bridgehead atoms. The van der Waals surface area contributed by atoms with E-state index < -0.39 is 22.2 Å². The number of aliphatic hydroxyl groups is 1. The van der Waals surface area contributed by atoms with Crippen molar-refractivity contribution in [1.29, 1.82) is 0 Å². The highest BCUT2D eigenvalue weighted by Crippen LogP contribution is 2.23. The number of carbonyl (C=O) groups excluding carboxylic acids is 1. The van der Waals surface area contributed by atoms with Gasteiger partial charge < -0.3 is 14.7 Å². The van der Waals surface area contributed by atoms with Crippen molar-refractivity contribution in [1.82, 2.24) is 9.21 Å². The normalized spacial score (nSPS) is 13.4. The molecule has 0 aliphatic rings. The largest absolute Gasteiger partial charge is 0.497 e. The zero-order valence-corrected chi connectivity index (χ0v) is 22.6. The molecule has 0 heterocycles. The second-order valence-corrected chi connectivity index (χ2v) is 11.4. The van der Waals surface area contributed by atoms with Crippen LogP contribution in [0.5, 0.6) is 5.75 Å². The summed E-state index contributed by atoms with van der Waals surface area (Å²) in [4.78, 5) is 14.9. The van der Waals surface area contributed by atoms with Crippen molar-refractivity contribution < 1.29 is 23.1 Å². The third-order valence-electron chi connectivity index (χ3n) is 6.23. The molecule has 0 aliphatic carbocycles. The fourth-order valence-corrected chi connectivity index (χ4v) is 5.85. The molecule has 8 heteroatoms. The van der Waals surface area contributed by atoms with E-state index >= 15 is 0 Å². The van der Waals surface area contributed by atoms with Crippen LogP contribution >= 0.6 is 0 Å². The van der Waals surface area contributed by atoms with Crippen molar-refractivity contribution in [3.05, 3.63) is 96.1 Å². The van der Waals surface area contributed by atoms with E-state index in [-0.39, 0.29) is 29.8 Å². The lowest BCUT2D eigenvalue weighted by atomic mass is 9.99. The second kappa shape index (κ2) is 12.9. The van der Waals surface area contributed by atoms with Crippen molar-refractivity contribution in [2.24, 2.45) is 5.92 Å². The number of sulfonamides is 1. The zero-order valence-electron chi connectivity index (χ0n) is 21.8. The van der Waals surface area contributed by atoms with E-state index in [0.29, 0.717) is 17.7 Å². The first-order chi connectivity index (χ1) is 17.6.